The number of benzene rings is 3. The van der Waals surface area contributed by atoms with E-state index in [4.69, 9.17) is 18.9 Å². The van der Waals surface area contributed by atoms with E-state index in [1.807, 2.05) is 91.0 Å². The molecule has 0 aliphatic carbocycles. The fourth-order valence-electron chi connectivity index (χ4n) is 3.66. The summed E-state index contributed by atoms with van der Waals surface area (Å²) < 4.78 is 24.0. The van der Waals surface area contributed by atoms with Crippen LogP contribution in [0.3, 0.4) is 0 Å². The molecule has 1 saturated heterocycles. The second kappa shape index (κ2) is 11.7. The molecule has 5 heteroatoms. The van der Waals surface area contributed by atoms with Gasteiger partial charge in [0.05, 0.1) is 26.4 Å². The van der Waals surface area contributed by atoms with Crippen molar-refractivity contribution in [1.82, 2.24) is 0 Å². The lowest BCUT2D eigenvalue weighted by Crippen LogP contribution is -2.54. The normalized spacial score (nSPS) is 20.9. The number of ether oxygens (including phenoxy) is 4. The summed E-state index contributed by atoms with van der Waals surface area (Å²) in [6, 6.07) is 29.6. The number of carbonyl (C=O) groups is 1. The summed E-state index contributed by atoms with van der Waals surface area (Å²) in [6.07, 6.45) is -1.67. The number of rotatable bonds is 10. The van der Waals surface area contributed by atoms with Gasteiger partial charge in [0.1, 0.15) is 24.9 Å². The molecule has 1 heterocycles. The quantitative estimate of drug-likeness (QED) is 0.477. The molecule has 3 atom stereocenters. The smallest absolute Gasteiger partial charge is 0.189 e. The third kappa shape index (κ3) is 6.34. The van der Waals surface area contributed by atoms with Crippen molar-refractivity contribution in [1.29, 1.82) is 0 Å². The molecule has 32 heavy (non-hydrogen) atoms. The van der Waals surface area contributed by atoms with Crippen LogP contribution in [-0.2, 0) is 43.6 Å². The summed E-state index contributed by atoms with van der Waals surface area (Å²) in [4.78, 5) is 12.7. The second-order valence-corrected chi connectivity index (χ2v) is 7.79. The fourth-order valence-corrected chi connectivity index (χ4v) is 3.66. The van der Waals surface area contributed by atoms with Gasteiger partial charge in [-0.05, 0) is 16.7 Å². The third-order valence-electron chi connectivity index (χ3n) is 5.37. The van der Waals surface area contributed by atoms with Gasteiger partial charge >= 0.3 is 0 Å². The van der Waals surface area contributed by atoms with Gasteiger partial charge in [-0.1, -0.05) is 91.0 Å². The van der Waals surface area contributed by atoms with Crippen LogP contribution in [0.25, 0.3) is 0 Å². The van der Waals surface area contributed by atoms with Crippen LogP contribution in [-0.4, -0.2) is 37.3 Å². The Bertz CT molecular complexity index is 946. The van der Waals surface area contributed by atoms with E-state index in [2.05, 4.69) is 0 Å². The molecule has 4 rings (SSSR count). The van der Waals surface area contributed by atoms with Crippen LogP contribution in [0.2, 0.25) is 0 Å². The molecule has 0 bridgehead atoms. The highest BCUT2D eigenvalue weighted by molar-refractivity contribution is 5.85. The minimum absolute atomic E-state index is 0.00990. The molecule has 166 valence electrons. The first-order chi connectivity index (χ1) is 15.8. The van der Waals surface area contributed by atoms with Gasteiger partial charge in [0.2, 0.25) is 0 Å². The lowest BCUT2D eigenvalue weighted by atomic mass is 10.0. The maximum Gasteiger partial charge on any atom is 0.189 e. The van der Waals surface area contributed by atoms with Gasteiger partial charge in [-0.15, -0.1) is 0 Å². The summed E-state index contributed by atoms with van der Waals surface area (Å²) in [6.45, 7) is 1.47. The van der Waals surface area contributed by atoms with E-state index in [0.717, 1.165) is 16.7 Å². The van der Waals surface area contributed by atoms with Crippen molar-refractivity contribution in [2.75, 3.05) is 13.2 Å². The summed E-state index contributed by atoms with van der Waals surface area (Å²) >= 11 is 0. The molecule has 0 aromatic heterocycles. The van der Waals surface area contributed by atoms with Crippen molar-refractivity contribution in [3.05, 3.63) is 108 Å². The zero-order valence-corrected chi connectivity index (χ0v) is 18.0. The zero-order chi connectivity index (χ0) is 22.0. The topological polar surface area (TPSA) is 54.0 Å². The average Bonchev–Trinajstić information content (AvgIpc) is 2.85. The van der Waals surface area contributed by atoms with Gasteiger partial charge in [0.25, 0.3) is 0 Å². The van der Waals surface area contributed by atoms with Crippen molar-refractivity contribution < 1.29 is 23.7 Å². The fraction of sp³-hybridized carbons (Fsp3) is 0.296. The van der Waals surface area contributed by atoms with E-state index in [9.17, 15) is 4.79 Å². The molecule has 0 amide bonds. The maximum absolute atomic E-state index is 12.7. The van der Waals surface area contributed by atoms with Crippen LogP contribution in [0.5, 0.6) is 0 Å². The third-order valence-corrected chi connectivity index (χ3v) is 5.37. The van der Waals surface area contributed by atoms with Crippen molar-refractivity contribution in [2.45, 2.75) is 38.1 Å². The number of carbonyl (C=O) groups excluding carboxylic acids is 1. The Morgan fingerprint density at radius 3 is 1.75 bits per heavy atom. The van der Waals surface area contributed by atoms with Gasteiger partial charge < -0.3 is 18.9 Å². The van der Waals surface area contributed by atoms with Crippen LogP contribution in [0.1, 0.15) is 16.7 Å². The van der Waals surface area contributed by atoms with Crippen LogP contribution in [0, 0.1) is 0 Å². The van der Waals surface area contributed by atoms with Crippen molar-refractivity contribution >= 4 is 5.78 Å². The molecule has 1 fully saturated rings. The van der Waals surface area contributed by atoms with Gasteiger partial charge in [-0.25, -0.2) is 0 Å². The molecule has 1 aliphatic rings. The largest absolute Gasteiger partial charge is 0.374 e. The van der Waals surface area contributed by atoms with E-state index in [0.29, 0.717) is 26.4 Å². The number of ketones is 1. The molecule has 3 aromatic rings. The Balaban J connectivity index is 1.43. The Hall–Kier alpha value is -2.83. The van der Waals surface area contributed by atoms with Crippen LogP contribution >= 0.6 is 0 Å². The minimum atomic E-state index is -0.710. The van der Waals surface area contributed by atoms with Crippen molar-refractivity contribution in [3.63, 3.8) is 0 Å². The van der Waals surface area contributed by atoms with E-state index >= 15 is 0 Å². The maximum atomic E-state index is 12.7. The zero-order valence-electron chi connectivity index (χ0n) is 18.0. The van der Waals surface area contributed by atoms with E-state index in [-0.39, 0.29) is 12.4 Å². The first-order valence-electron chi connectivity index (χ1n) is 10.9. The number of Topliss-reactive ketones (excluding diaryl/α,β-unsaturated/α-hetero) is 1. The number of hydrogen-bond acceptors (Lipinski definition) is 5. The highest BCUT2D eigenvalue weighted by atomic mass is 16.6. The Labute approximate surface area is 188 Å². The molecule has 0 radical (unpaired) electrons. The molecule has 1 aliphatic heterocycles. The highest BCUT2D eigenvalue weighted by Crippen LogP contribution is 2.22. The van der Waals surface area contributed by atoms with Gasteiger partial charge in [-0.3, -0.25) is 4.79 Å². The lowest BCUT2D eigenvalue weighted by molar-refractivity contribution is -0.198. The molecule has 0 unspecified atom stereocenters. The second-order valence-electron chi connectivity index (χ2n) is 7.79. The van der Waals surface area contributed by atoms with Gasteiger partial charge in [0, 0.05) is 0 Å². The predicted molar refractivity (Wildman–Crippen MR) is 121 cm³/mol. The number of hydrogen-bond donors (Lipinski definition) is 0. The van der Waals surface area contributed by atoms with Crippen molar-refractivity contribution in [2.24, 2.45) is 0 Å². The molecule has 5 nitrogen and oxygen atoms in total. The molecule has 0 N–H and O–H groups in total. The average molecular weight is 433 g/mol. The summed E-state index contributed by atoms with van der Waals surface area (Å²) in [7, 11) is 0. The first-order valence-corrected chi connectivity index (χ1v) is 10.9. The monoisotopic (exact) mass is 432 g/mol. The highest BCUT2D eigenvalue weighted by Gasteiger charge is 2.41. The molecular weight excluding hydrogens is 404 g/mol. The molecule has 0 spiro atoms. The van der Waals surface area contributed by atoms with Crippen LogP contribution in [0.15, 0.2) is 91.0 Å². The standard InChI is InChI=1S/C27H28O5/c28-24-19-30-25(20-29-16-21-10-4-1-5-11-21)27(32-18-23-14-8-3-9-15-23)26(24)31-17-22-12-6-2-7-13-22/h1-15,25-27H,16-20H2/t25-,26-,27+/m1/s1. The van der Waals surface area contributed by atoms with E-state index in [1.54, 1.807) is 0 Å². The SMILES string of the molecule is O=C1CO[C@H](COCc2ccccc2)[C@H](OCc2ccccc2)[C@@H]1OCc1ccccc1. The molecule has 3 aromatic carbocycles. The summed E-state index contributed by atoms with van der Waals surface area (Å²) in [5.41, 5.74) is 3.11. The van der Waals surface area contributed by atoms with Gasteiger partial charge in [0.15, 0.2) is 5.78 Å². The Morgan fingerprint density at radius 1 is 0.688 bits per heavy atom. The van der Waals surface area contributed by atoms with E-state index < -0.39 is 18.3 Å². The Kier molecular flexibility index (Phi) is 8.17. The van der Waals surface area contributed by atoms with Crippen LogP contribution in [0.4, 0.5) is 0 Å². The molecular formula is C27H28O5. The summed E-state index contributed by atoms with van der Waals surface area (Å²) in [5, 5.41) is 0. The van der Waals surface area contributed by atoms with Gasteiger partial charge in [-0.2, -0.15) is 0 Å². The van der Waals surface area contributed by atoms with E-state index in [1.165, 1.54) is 0 Å². The lowest BCUT2D eigenvalue weighted by Gasteiger charge is -2.36. The first kappa shape index (κ1) is 22.4. The van der Waals surface area contributed by atoms with Crippen molar-refractivity contribution in [3.8, 4) is 0 Å². The predicted octanol–water partition coefficient (Wildman–Crippen LogP) is 4.34. The summed E-state index contributed by atoms with van der Waals surface area (Å²) in [5.74, 6) is -0.113. The Morgan fingerprint density at radius 2 is 1.19 bits per heavy atom. The van der Waals surface area contributed by atoms with Crippen LogP contribution < -0.4 is 0 Å². The minimum Gasteiger partial charge on any atom is -0.374 e. The molecule has 0 saturated carbocycles.